The summed E-state index contributed by atoms with van der Waals surface area (Å²) in [4.78, 5) is 27.1. The van der Waals surface area contributed by atoms with Gasteiger partial charge in [-0.15, -0.1) is 0 Å². The SMILES string of the molecule is CC.Cc1cnc(N2CCN(c3cc(N4CCN(C)CC4)ncn3)CC2)nc1. The lowest BCUT2D eigenvalue weighted by atomic mass is 10.3. The maximum absolute atomic E-state index is 4.51. The first-order chi connectivity index (χ1) is 13.7. The molecule has 28 heavy (non-hydrogen) atoms. The maximum atomic E-state index is 4.51. The third-order valence-corrected chi connectivity index (χ3v) is 5.12. The van der Waals surface area contributed by atoms with Crippen LogP contribution in [0, 0.1) is 6.92 Å². The second kappa shape index (κ2) is 9.64. The molecular formula is C20H32N8. The van der Waals surface area contributed by atoms with Gasteiger partial charge in [-0.05, 0) is 19.5 Å². The van der Waals surface area contributed by atoms with E-state index in [9.17, 15) is 0 Å². The summed E-state index contributed by atoms with van der Waals surface area (Å²) in [6, 6.07) is 2.13. The number of likely N-dealkylation sites (N-methyl/N-ethyl adjacent to an activating group) is 1. The molecule has 0 atom stereocenters. The highest BCUT2D eigenvalue weighted by Crippen LogP contribution is 2.21. The van der Waals surface area contributed by atoms with E-state index in [1.807, 2.05) is 33.2 Å². The Hall–Kier alpha value is -2.48. The van der Waals surface area contributed by atoms with Gasteiger partial charge >= 0.3 is 0 Å². The minimum atomic E-state index is 0.816. The molecule has 0 saturated carbocycles. The van der Waals surface area contributed by atoms with Crippen molar-refractivity contribution in [3.05, 3.63) is 30.4 Å². The van der Waals surface area contributed by atoms with Crippen molar-refractivity contribution in [2.45, 2.75) is 20.8 Å². The van der Waals surface area contributed by atoms with Crippen LogP contribution in [0.2, 0.25) is 0 Å². The first kappa shape index (κ1) is 20.3. The molecule has 0 radical (unpaired) electrons. The topological polar surface area (TPSA) is 64.5 Å². The zero-order valence-corrected chi connectivity index (χ0v) is 17.5. The molecule has 8 heteroatoms. The monoisotopic (exact) mass is 384 g/mol. The first-order valence-electron chi connectivity index (χ1n) is 10.2. The first-order valence-corrected chi connectivity index (χ1v) is 10.2. The summed E-state index contributed by atoms with van der Waals surface area (Å²) in [6.45, 7) is 13.8. The van der Waals surface area contributed by atoms with Crippen LogP contribution in [0.15, 0.2) is 24.8 Å². The van der Waals surface area contributed by atoms with E-state index in [-0.39, 0.29) is 0 Å². The Morgan fingerprint density at radius 3 is 1.68 bits per heavy atom. The van der Waals surface area contributed by atoms with Gasteiger partial charge < -0.3 is 19.6 Å². The molecular weight excluding hydrogens is 352 g/mol. The highest BCUT2D eigenvalue weighted by molar-refractivity contribution is 5.51. The van der Waals surface area contributed by atoms with E-state index >= 15 is 0 Å². The quantitative estimate of drug-likeness (QED) is 0.792. The fourth-order valence-corrected chi connectivity index (χ4v) is 3.40. The summed E-state index contributed by atoms with van der Waals surface area (Å²) in [6.07, 6.45) is 5.45. The van der Waals surface area contributed by atoms with Gasteiger partial charge in [0.05, 0.1) is 0 Å². The molecule has 2 aliphatic heterocycles. The molecule has 0 N–H and O–H groups in total. The molecule has 152 valence electrons. The van der Waals surface area contributed by atoms with Crippen molar-refractivity contribution in [1.82, 2.24) is 24.8 Å². The maximum Gasteiger partial charge on any atom is 0.225 e. The van der Waals surface area contributed by atoms with Gasteiger partial charge in [0.1, 0.15) is 18.0 Å². The second-order valence-corrected chi connectivity index (χ2v) is 7.06. The molecule has 8 nitrogen and oxygen atoms in total. The van der Waals surface area contributed by atoms with Crippen LogP contribution < -0.4 is 14.7 Å². The highest BCUT2D eigenvalue weighted by Gasteiger charge is 2.21. The zero-order valence-electron chi connectivity index (χ0n) is 17.5. The molecule has 0 unspecified atom stereocenters. The number of piperazine rings is 2. The van der Waals surface area contributed by atoms with E-state index in [1.54, 1.807) is 6.33 Å². The zero-order chi connectivity index (χ0) is 19.9. The lowest BCUT2D eigenvalue weighted by molar-refractivity contribution is 0.312. The summed E-state index contributed by atoms with van der Waals surface area (Å²) in [5.74, 6) is 2.86. The van der Waals surface area contributed by atoms with E-state index in [1.165, 1.54) is 0 Å². The van der Waals surface area contributed by atoms with E-state index in [2.05, 4.69) is 52.6 Å². The van der Waals surface area contributed by atoms with E-state index < -0.39 is 0 Å². The summed E-state index contributed by atoms with van der Waals surface area (Å²) in [5, 5.41) is 0. The number of hydrogen-bond acceptors (Lipinski definition) is 8. The summed E-state index contributed by atoms with van der Waals surface area (Å²) < 4.78 is 0. The molecule has 0 amide bonds. The van der Waals surface area contributed by atoms with Crippen LogP contribution in [0.25, 0.3) is 0 Å². The number of anilines is 3. The molecule has 0 bridgehead atoms. The van der Waals surface area contributed by atoms with Crippen LogP contribution in [0.4, 0.5) is 17.6 Å². The van der Waals surface area contributed by atoms with E-state index in [4.69, 9.17) is 0 Å². The van der Waals surface area contributed by atoms with Gasteiger partial charge in [0, 0.05) is 70.8 Å². The molecule has 2 aromatic rings. The van der Waals surface area contributed by atoms with Gasteiger partial charge in [-0.25, -0.2) is 19.9 Å². The molecule has 2 aromatic heterocycles. The van der Waals surface area contributed by atoms with E-state index in [0.717, 1.165) is 75.5 Å². The Labute approximate surface area is 168 Å². The van der Waals surface area contributed by atoms with Gasteiger partial charge in [0.2, 0.25) is 5.95 Å². The lowest BCUT2D eigenvalue weighted by Gasteiger charge is -2.36. The molecule has 0 aliphatic carbocycles. The molecule has 2 fully saturated rings. The fourth-order valence-electron chi connectivity index (χ4n) is 3.40. The fraction of sp³-hybridized carbons (Fsp3) is 0.600. The third kappa shape index (κ3) is 4.86. The smallest absolute Gasteiger partial charge is 0.225 e. The highest BCUT2D eigenvalue weighted by atomic mass is 15.3. The van der Waals surface area contributed by atoms with Crippen LogP contribution in [-0.2, 0) is 0 Å². The molecule has 2 aliphatic rings. The van der Waals surface area contributed by atoms with Crippen molar-refractivity contribution in [2.24, 2.45) is 0 Å². The standard InChI is InChI=1S/C18H26N8.C2H6/c1-15-12-19-18(20-13-15)26-9-7-25(8-10-26)17-11-16(21-14-22-17)24-5-3-23(2)4-6-24;1-2/h11-14H,3-10H2,1-2H3;1-2H3. The predicted molar refractivity (Wildman–Crippen MR) is 114 cm³/mol. The normalized spacial score (nSPS) is 17.9. The van der Waals surface area contributed by atoms with Crippen LogP contribution in [0.5, 0.6) is 0 Å². The van der Waals surface area contributed by atoms with Crippen molar-refractivity contribution >= 4 is 17.6 Å². The van der Waals surface area contributed by atoms with Crippen molar-refractivity contribution in [1.29, 1.82) is 0 Å². The van der Waals surface area contributed by atoms with Crippen molar-refractivity contribution in [3.8, 4) is 0 Å². The Kier molecular flexibility index (Phi) is 6.97. The number of nitrogens with zero attached hydrogens (tertiary/aromatic N) is 8. The second-order valence-electron chi connectivity index (χ2n) is 7.06. The Morgan fingerprint density at radius 2 is 1.14 bits per heavy atom. The van der Waals surface area contributed by atoms with Crippen LogP contribution in [0.1, 0.15) is 19.4 Å². The third-order valence-electron chi connectivity index (χ3n) is 5.12. The minimum Gasteiger partial charge on any atom is -0.354 e. The van der Waals surface area contributed by atoms with Crippen molar-refractivity contribution < 1.29 is 0 Å². The largest absolute Gasteiger partial charge is 0.354 e. The molecule has 4 rings (SSSR count). The van der Waals surface area contributed by atoms with Crippen LogP contribution in [-0.4, -0.2) is 84.2 Å². The lowest BCUT2D eigenvalue weighted by Crippen LogP contribution is -2.47. The van der Waals surface area contributed by atoms with Gasteiger partial charge in [-0.2, -0.15) is 0 Å². The van der Waals surface area contributed by atoms with Gasteiger partial charge in [0.25, 0.3) is 0 Å². The summed E-state index contributed by atoms with van der Waals surface area (Å²) in [7, 11) is 2.17. The predicted octanol–water partition coefficient (Wildman–Crippen LogP) is 1.68. The number of aryl methyl sites for hydroxylation is 1. The minimum absolute atomic E-state index is 0.816. The molecule has 0 aromatic carbocycles. The Bertz CT molecular complexity index is 719. The van der Waals surface area contributed by atoms with E-state index in [0.29, 0.717) is 0 Å². The van der Waals surface area contributed by atoms with Gasteiger partial charge in [-0.1, -0.05) is 13.8 Å². The van der Waals surface area contributed by atoms with Gasteiger partial charge in [-0.3, -0.25) is 0 Å². The average molecular weight is 385 g/mol. The van der Waals surface area contributed by atoms with Crippen molar-refractivity contribution in [2.75, 3.05) is 74.1 Å². The Balaban J connectivity index is 0.00000109. The molecule has 0 spiro atoms. The average Bonchev–Trinajstić information content (AvgIpc) is 2.76. The Morgan fingerprint density at radius 1 is 0.679 bits per heavy atom. The summed E-state index contributed by atoms with van der Waals surface area (Å²) >= 11 is 0. The number of aromatic nitrogens is 4. The summed E-state index contributed by atoms with van der Waals surface area (Å²) in [5.41, 5.74) is 1.09. The van der Waals surface area contributed by atoms with Crippen molar-refractivity contribution in [3.63, 3.8) is 0 Å². The van der Waals surface area contributed by atoms with Crippen LogP contribution in [0.3, 0.4) is 0 Å². The number of rotatable bonds is 3. The van der Waals surface area contributed by atoms with Crippen LogP contribution >= 0.6 is 0 Å². The van der Waals surface area contributed by atoms with Gasteiger partial charge in [0.15, 0.2) is 0 Å². The number of hydrogen-bond donors (Lipinski definition) is 0. The molecule has 4 heterocycles. The molecule has 2 saturated heterocycles.